The number of halogens is 3. The molecule has 2 rings (SSSR count). The second-order valence-corrected chi connectivity index (χ2v) is 3.06. The molecule has 4 nitrogen and oxygen atoms in total. The molecule has 0 saturated carbocycles. The highest BCUT2D eigenvalue weighted by atomic mass is 19.4. The lowest BCUT2D eigenvalue weighted by Crippen LogP contribution is -2.15. The first-order valence-electron chi connectivity index (χ1n) is 4.12. The van der Waals surface area contributed by atoms with E-state index in [-0.39, 0.29) is 10.9 Å². The molecule has 0 aliphatic rings. The second-order valence-electron chi connectivity index (χ2n) is 3.06. The molecule has 2 aromatic rings. The van der Waals surface area contributed by atoms with Gasteiger partial charge in [-0.2, -0.15) is 13.2 Å². The molecule has 1 aromatic heterocycles. The highest BCUT2D eigenvalue weighted by Crippen LogP contribution is 2.30. The third-order valence-corrected chi connectivity index (χ3v) is 1.99. The van der Waals surface area contributed by atoms with E-state index >= 15 is 0 Å². The fraction of sp³-hybridized carbons (Fsp3) is 0.111. The van der Waals surface area contributed by atoms with Gasteiger partial charge in [-0.3, -0.25) is 4.98 Å². The van der Waals surface area contributed by atoms with Gasteiger partial charge in [0.2, 0.25) is 0 Å². The van der Waals surface area contributed by atoms with Gasteiger partial charge >= 0.3 is 17.6 Å². The van der Waals surface area contributed by atoms with E-state index < -0.39 is 23.1 Å². The molecule has 0 saturated heterocycles. The summed E-state index contributed by atoms with van der Waals surface area (Å²) in [5.74, 6) is -1.00. The van der Waals surface area contributed by atoms with Crippen molar-refractivity contribution in [3.63, 3.8) is 0 Å². The van der Waals surface area contributed by atoms with Crippen LogP contribution in [0.3, 0.4) is 0 Å². The summed E-state index contributed by atoms with van der Waals surface area (Å²) in [6.07, 6.45) is -4.54. The predicted octanol–water partition coefficient (Wildman–Crippen LogP) is 1.50. The largest absolute Gasteiger partial charge is 0.419 e. The van der Waals surface area contributed by atoms with Gasteiger partial charge in [0.05, 0.1) is 16.5 Å². The maximum absolute atomic E-state index is 12.3. The highest BCUT2D eigenvalue weighted by Gasteiger charge is 2.30. The van der Waals surface area contributed by atoms with Crippen LogP contribution >= 0.6 is 0 Å². The first kappa shape index (κ1) is 10.5. The second kappa shape index (κ2) is 3.22. The molecular formula is C9H4F3NO3. The zero-order chi connectivity index (χ0) is 11.9. The molecule has 1 N–H and O–H groups in total. The van der Waals surface area contributed by atoms with E-state index in [2.05, 4.69) is 9.40 Å². The zero-order valence-corrected chi connectivity index (χ0v) is 7.59. The van der Waals surface area contributed by atoms with Crippen molar-refractivity contribution in [2.24, 2.45) is 0 Å². The van der Waals surface area contributed by atoms with Crippen molar-refractivity contribution in [3.05, 3.63) is 44.7 Å². The Morgan fingerprint density at radius 1 is 1.19 bits per heavy atom. The predicted molar refractivity (Wildman–Crippen MR) is 48.1 cm³/mol. The number of aromatic amines is 1. The third kappa shape index (κ3) is 1.71. The number of hydrogen-bond acceptors (Lipinski definition) is 3. The molecule has 0 bridgehead atoms. The molecule has 0 fully saturated rings. The van der Waals surface area contributed by atoms with Crippen LogP contribution < -0.4 is 11.4 Å². The summed E-state index contributed by atoms with van der Waals surface area (Å²) in [7, 11) is 0. The van der Waals surface area contributed by atoms with Crippen molar-refractivity contribution >= 4 is 10.9 Å². The van der Waals surface area contributed by atoms with Gasteiger partial charge < -0.3 is 4.42 Å². The molecule has 1 aromatic carbocycles. The highest BCUT2D eigenvalue weighted by molar-refractivity contribution is 5.77. The van der Waals surface area contributed by atoms with Crippen LogP contribution in [0.25, 0.3) is 10.9 Å². The molecule has 0 spiro atoms. The number of benzene rings is 1. The monoisotopic (exact) mass is 231 g/mol. The molecule has 0 aliphatic heterocycles. The van der Waals surface area contributed by atoms with E-state index in [1.807, 2.05) is 0 Å². The summed E-state index contributed by atoms with van der Waals surface area (Å²) in [5.41, 5.74) is -2.06. The number of alkyl halides is 3. The fourth-order valence-corrected chi connectivity index (χ4v) is 1.27. The quantitative estimate of drug-likeness (QED) is 0.747. The van der Waals surface area contributed by atoms with Gasteiger partial charge in [0.1, 0.15) is 0 Å². The number of H-pyrrole nitrogens is 1. The Morgan fingerprint density at radius 3 is 2.50 bits per heavy atom. The van der Waals surface area contributed by atoms with Crippen LogP contribution in [0.1, 0.15) is 5.56 Å². The Labute approximate surface area is 85.3 Å². The average Bonchev–Trinajstić information content (AvgIpc) is 2.15. The summed E-state index contributed by atoms with van der Waals surface area (Å²) in [6, 6.07) is 2.42. The van der Waals surface area contributed by atoms with Crippen LogP contribution in [-0.4, -0.2) is 4.98 Å². The first-order chi connectivity index (χ1) is 7.38. The maximum Gasteiger partial charge on any atom is 0.419 e. The van der Waals surface area contributed by atoms with E-state index in [1.54, 1.807) is 0 Å². The number of fused-ring (bicyclic) bond motifs is 1. The van der Waals surface area contributed by atoms with E-state index in [4.69, 9.17) is 0 Å². The lowest BCUT2D eigenvalue weighted by atomic mass is 10.1. The van der Waals surface area contributed by atoms with Gasteiger partial charge in [-0.05, 0) is 18.2 Å². The maximum atomic E-state index is 12.3. The van der Waals surface area contributed by atoms with Crippen molar-refractivity contribution in [3.8, 4) is 0 Å². The van der Waals surface area contributed by atoms with Crippen molar-refractivity contribution in [1.82, 2.24) is 4.98 Å². The lowest BCUT2D eigenvalue weighted by molar-refractivity contribution is -0.137. The standard InChI is InChI=1S/C9H4F3NO3/c10-9(11,12)4-1-2-6-5(3-4)7(14)16-8(15)13-6/h1-3H,(H,13,15). The van der Waals surface area contributed by atoms with E-state index in [0.717, 1.165) is 12.1 Å². The molecule has 1 heterocycles. The molecule has 7 heteroatoms. The SMILES string of the molecule is O=c1[nH]c2ccc(C(F)(F)F)cc2c(=O)o1. The van der Waals surface area contributed by atoms with E-state index in [0.29, 0.717) is 6.07 Å². The minimum absolute atomic E-state index is 0.00856. The number of rotatable bonds is 0. The summed E-state index contributed by atoms with van der Waals surface area (Å²) >= 11 is 0. The molecule has 0 aliphatic carbocycles. The Bertz CT molecular complexity index is 653. The van der Waals surface area contributed by atoms with Gasteiger partial charge in [-0.1, -0.05) is 0 Å². The normalized spacial score (nSPS) is 11.9. The van der Waals surface area contributed by atoms with Crippen molar-refractivity contribution in [2.75, 3.05) is 0 Å². The van der Waals surface area contributed by atoms with Crippen molar-refractivity contribution in [2.45, 2.75) is 6.18 Å². The topological polar surface area (TPSA) is 63.1 Å². The third-order valence-electron chi connectivity index (χ3n) is 1.99. The Balaban J connectivity index is 2.82. The van der Waals surface area contributed by atoms with Crippen molar-refractivity contribution in [1.29, 1.82) is 0 Å². The lowest BCUT2D eigenvalue weighted by Gasteiger charge is -2.06. The Morgan fingerprint density at radius 2 is 1.88 bits per heavy atom. The summed E-state index contributed by atoms with van der Waals surface area (Å²) < 4.78 is 41.1. The Kier molecular flexibility index (Phi) is 2.11. The van der Waals surface area contributed by atoms with Crippen LogP contribution in [-0.2, 0) is 6.18 Å². The molecule has 16 heavy (non-hydrogen) atoms. The van der Waals surface area contributed by atoms with Crippen LogP contribution in [0.15, 0.2) is 32.2 Å². The van der Waals surface area contributed by atoms with Crippen molar-refractivity contribution < 1.29 is 17.6 Å². The molecule has 0 radical (unpaired) electrons. The molecule has 84 valence electrons. The van der Waals surface area contributed by atoms with Crippen LogP contribution in [0, 0.1) is 0 Å². The van der Waals surface area contributed by atoms with Gasteiger partial charge in [0, 0.05) is 0 Å². The average molecular weight is 231 g/mol. The molecule has 0 atom stereocenters. The number of nitrogens with one attached hydrogen (secondary N) is 1. The molecule has 0 unspecified atom stereocenters. The van der Waals surface area contributed by atoms with Gasteiger partial charge in [0.15, 0.2) is 0 Å². The smallest absolute Gasteiger partial charge is 0.372 e. The van der Waals surface area contributed by atoms with E-state index in [1.165, 1.54) is 0 Å². The van der Waals surface area contributed by atoms with Gasteiger partial charge in [-0.25, -0.2) is 9.59 Å². The fourth-order valence-electron chi connectivity index (χ4n) is 1.27. The molecular weight excluding hydrogens is 227 g/mol. The van der Waals surface area contributed by atoms with Crippen LogP contribution in [0.5, 0.6) is 0 Å². The van der Waals surface area contributed by atoms with Gasteiger partial charge in [-0.15, -0.1) is 0 Å². The minimum atomic E-state index is -4.54. The van der Waals surface area contributed by atoms with Gasteiger partial charge in [0.25, 0.3) is 0 Å². The van der Waals surface area contributed by atoms with Crippen LogP contribution in [0.2, 0.25) is 0 Å². The number of aromatic nitrogens is 1. The summed E-state index contributed by atoms with van der Waals surface area (Å²) in [4.78, 5) is 24.0. The Hall–Kier alpha value is -2.05. The van der Waals surface area contributed by atoms with E-state index in [9.17, 15) is 22.8 Å². The molecule has 0 amide bonds. The summed E-state index contributed by atoms with van der Waals surface area (Å²) in [6.45, 7) is 0. The zero-order valence-electron chi connectivity index (χ0n) is 7.59. The number of hydrogen-bond donors (Lipinski definition) is 1. The minimum Gasteiger partial charge on any atom is -0.372 e. The summed E-state index contributed by atoms with van der Waals surface area (Å²) in [5, 5.41) is -0.311. The first-order valence-corrected chi connectivity index (χ1v) is 4.12. The van der Waals surface area contributed by atoms with Crippen LogP contribution in [0.4, 0.5) is 13.2 Å².